The molecule has 0 heterocycles. The molecular weight excluding hydrogens is 1870 g/mol. The van der Waals surface area contributed by atoms with Crippen LogP contribution in [-0.4, -0.2) is 106 Å². The van der Waals surface area contributed by atoms with Gasteiger partial charge in [-0.15, -0.1) is 5.11 Å². The molecule has 1 unspecified atom stereocenters. The molecule has 0 bridgehead atoms. The Kier molecular flexibility index (Phi) is 38.5. The number of nitrogens with one attached hydrogen (secondary N) is 7. The third-order valence-corrected chi connectivity index (χ3v) is 23.5. The number of carboxylic acids is 1. The van der Waals surface area contributed by atoms with Gasteiger partial charge in [-0.1, -0.05) is 154 Å². The molecule has 0 aliphatic rings. The van der Waals surface area contributed by atoms with Gasteiger partial charge in [0.2, 0.25) is 11.8 Å². The molecule has 734 valence electrons. The molecule has 13 aromatic carbocycles. The number of halogens is 1. The van der Waals surface area contributed by atoms with Crippen LogP contribution in [0.4, 0.5) is 50.3 Å². The van der Waals surface area contributed by atoms with Crippen LogP contribution in [0.3, 0.4) is 0 Å². The highest BCUT2D eigenvalue weighted by Gasteiger charge is 2.27. The van der Waals surface area contributed by atoms with Gasteiger partial charge < -0.3 is 96.2 Å². The molecular formula is C105H105ClN10O23S2-2. The maximum atomic E-state index is 13.6. The lowest BCUT2D eigenvalue weighted by molar-refractivity contribution is -0.777. The largest absolute Gasteiger partial charge is 0.744 e. The molecule has 33 nitrogen and oxygen atoms in total. The summed E-state index contributed by atoms with van der Waals surface area (Å²) in [5, 5.41) is 105. The lowest BCUT2D eigenvalue weighted by Crippen LogP contribution is -2.33. The summed E-state index contributed by atoms with van der Waals surface area (Å²) < 4.78 is 70.3. The van der Waals surface area contributed by atoms with Gasteiger partial charge in [-0.05, 0) is 222 Å². The molecule has 0 fully saturated rings. The van der Waals surface area contributed by atoms with Crippen molar-refractivity contribution in [1.82, 2.24) is 5.32 Å². The van der Waals surface area contributed by atoms with Crippen LogP contribution in [0.25, 0.3) is 32.3 Å². The van der Waals surface area contributed by atoms with Crippen molar-refractivity contribution in [3.05, 3.63) is 268 Å². The fourth-order valence-electron chi connectivity index (χ4n) is 14.7. The number of ether oxygens (including phenoxy) is 5. The first-order valence-electron chi connectivity index (χ1n) is 45.1. The normalized spacial score (nSPS) is 11.2. The highest BCUT2D eigenvalue weighted by Crippen LogP contribution is 2.49. The maximum absolute atomic E-state index is 13.6. The number of azo groups is 1. The number of carbonyl (C=O) groups is 7. The molecule has 7 amide bonds. The molecule has 0 aliphatic carbocycles. The van der Waals surface area contributed by atoms with Gasteiger partial charge >= 0.3 is 12.0 Å². The summed E-state index contributed by atoms with van der Waals surface area (Å²) in [4.78, 5) is 86.2. The van der Waals surface area contributed by atoms with E-state index in [0.717, 1.165) is 78.3 Å². The van der Waals surface area contributed by atoms with Crippen molar-refractivity contribution in [2.45, 2.75) is 155 Å². The number of anilines is 6. The van der Waals surface area contributed by atoms with E-state index < -0.39 is 62.5 Å². The van der Waals surface area contributed by atoms with Gasteiger partial charge in [-0.2, -0.15) is 14.7 Å². The third-order valence-electron chi connectivity index (χ3n) is 21.7. The number of fused-ring (bicyclic) bond motifs is 3. The fraction of sp³-hybridized carbons (Fsp3) is 0.238. The first-order valence-corrected chi connectivity index (χ1v) is 47.6. The van der Waals surface area contributed by atoms with Gasteiger partial charge in [0.25, 0.3) is 17.7 Å². The Morgan fingerprint density at radius 1 is 0.518 bits per heavy atom. The van der Waals surface area contributed by atoms with Crippen LogP contribution in [0.1, 0.15) is 158 Å². The van der Waals surface area contributed by atoms with Crippen molar-refractivity contribution >= 4 is 153 Å². The van der Waals surface area contributed by atoms with Crippen molar-refractivity contribution < 1.29 is 110 Å². The lowest BCUT2D eigenvalue weighted by Gasteiger charge is -2.20. The summed E-state index contributed by atoms with van der Waals surface area (Å²) in [5.74, 6) is -1.13. The molecule has 0 aromatic heterocycles. The number of carbonyl (C=O) groups excluding carboxylic acids is 6. The maximum Gasteiger partial charge on any atom is 0.323 e. The smallest absolute Gasteiger partial charge is 0.323 e. The second kappa shape index (κ2) is 51.2. The molecule has 0 aliphatic heterocycles. The lowest BCUT2D eigenvalue weighted by atomic mass is 10.0. The van der Waals surface area contributed by atoms with Gasteiger partial charge in [0, 0.05) is 69.9 Å². The van der Waals surface area contributed by atoms with E-state index in [2.05, 4.69) is 69.8 Å². The Morgan fingerprint density at radius 2 is 1.08 bits per heavy atom. The molecule has 1 atom stereocenters. The van der Waals surface area contributed by atoms with Crippen molar-refractivity contribution in [1.29, 1.82) is 5.26 Å². The standard InChI is InChI=1S/C41H38N4O12S2.C36H40N2O7.C28H29ClN4O4/c1-23-10-15-34(24(2)18-23)54-17-7-6-16-42-41(49)32-22-35(30-8-4-5-9-31(30)39(32)47)55-28-13-11-27(12-14-28)44-45-38-36(58-57-56-50)20-26-19-29(59(51,52)53)21-33(43-25(3)46)37(26)40(38)48;1-3-4-5-6-7-10-21-44-31-18-13-24(2)22-30(31)38-36(43)29-23-32(27-11-8-9-12-28(27)35(29)42)45-26-16-14-25(15-17-26)37-33(39)19-20-34(40)41;1-4-5-6-26(37-25-12-7-17(2)13-18(25)3)27(35)31-21-9-11-23(24(34)15-21)33-28(36)32-20-8-10-22(29)19(14-20)16-30/h4-5,8-15,18-22,47-48,50H,6-7,16-17H2,1-3H3,(H,42,49)(H,43,46)(H,51,52,53);8-9,11-18,22-23,42H,3-7,10,19-21H2,1-2H3,(H,37,39)(H,38,43)(H,40,41);7-15,26,34H,4-6H2,1-3H3,(H,31,35)(H2,32,33,36)/p-2. The number of hydrogen-bond donors (Lipinski definition) is 12. The van der Waals surface area contributed by atoms with Crippen LogP contribution in [-0.2, 0) is 38.7 Å². The number of nitriles is 1. The summed E-state index contributed by atoms with van der Waals surface area (Å²) in [5.41, 5.74) is 7.17. The fourth-order valence-corrected chi connectivity index (χ4v) is 15.9. The number of amides is 7. The third kappa shape index (κ3) is 30.5. The first-order chi connectivity index (χ1) is 67.7. The second-order valence-electron chi connectivity index (χ2n) is 32.8. The number of benzene rings is 13. The summed E-state index contributed by atoms with van der Waals surface area (Å²) >= 11 is 6.24. The molecule has 141 heavy (non-hydrogen) atoms. The van der Waals surface area contributed by atoms with Crippen LogP contribution in [0, 0.1) is 45.9 Å². The number of urea groups is 1. The number of unbranched alkanes of at least 4 members (excludes halogenated alkanes) is 7. The van der Waals surface area contributed by atoms with E-state index in [1.54, 1.807) is 91.0 Å². The van der Waals surface area contributed by atoms with E-state index >= 15 is 0 Å². The predicted octanol–water partition coefficient (Wildman–Crippen LogP) is 23.1. The Bertz CT molecular complexity index is 6930. The average Bonchev–Trinajstić information content (AvgIpc) is 0.761. The second-order valence-corrected chi connectivity index (χ2v) is 35.3. The molecule has 0 saturated heterocycles. The zero-order valence-corrected chi connectivity index (χ0v) is 80.7. The van der Waals surface area contributed by atoms with E-state index in [1.807, 2.05) is 102 Å². The monoisotopic (exact) mass is 1970 g/mol. The number of rotatable bonds is 41. The SMILES string of the molecule is CC(=O)Nc1cc(S(=O)(=O)[O-])cc2cc(SOO[O-])c(N=Nc3ccc(Oc4cc(C(=O)NCCCCOc5ccc(C)cc5C)c(O)c5ccccc45)cc3)c(O)c12.CCCCC(Oc1ccc(C)cc1C)C(=O)Nc1ccc(NC(=O)Nc2ccc(Cl)c(C#N)c2)c(O)c1.CCCCCCCCOc1ccc(C)cc1NC(=O)c1cc(Oc2ccc(NC(=O)CCC(=O)O)cc2)c2ccccc2c1O. The molecule has 0 spiro atoms. The summed E-state index contributed by atoms with van der Waals surface area (Å²) in [6, 6.07) is 60.5. The number of aryl methyl sites for hydroxylation is 5. The Hall–Kier alpha value is -15.6. The number of hydrogen-bond acceptors (Lipinski definition) is 26. The minimum absolute atomic E-state index is 0.0160. The first kappa shape index (κ1) is 106. The van der Waals surface area contributed by atoms with Crippen LogP contribution in [0.5, 0.6) is 63.2 Å². The van der Waals surface area contributed by atoms with Crippen LogP contribution >= 0.6 is 23.6 Å². The topological polar surface area (TPSA) is 498 Å². The van der Waals surface area contributed by atoms with Crippen LogP contribution < -0.4 is 66.2 Å². The van der Waals surface area contributed by atoms with Gasteiger partial charge in [0.05, 0.1) is 85.9 Å². The van der Waals surface area contributed by atoms with Crippen molar-refractivity contribution in [2.24, 2.45) is 10.2 Å². The molecule has 36 heteroatoms. The van der Waals surface area contributed by atoms with E-state index in [-0.39, 0.29) is 96.1 Å². The Labute approximate surface area is 823 Å². The summed E-state index contributed by atoms with van der Waals surface area (Å²) in [6.45, 7) is 16.6. The van der Waals surface area contributed by atoms with E-state index in [4.69, 9.17) is 45.7 Å². The molecule has 12 N–H and O–H groups in total. The van der Waals surface area contributed by atoms with Crippen LogP contribution in [0.15, 0.2) is 238 Å². The zero-order valence-electron chi connectivity index (χ0n) is 78.3. The summed E-state index contributed by atoms with van der Waals surface area (Å²) in [6.07, 6.45) is 9.39. The number of aromatic hydroxyl groups is 4. The van der Waals surface area contributed by atoms with E-state index in [1.165, 1.54) is 80.3 Å². The minimum Gasteiger partial charge on any atom is -0.744 e. The van der Waals surface area contributed by atoms with Gasteiger partial charge in [-0.25, -0.2) is 13.2 Å². The molecule has 0 saturated carbocycles. The predicted molar refractivity (Wildman–Crippen MR) is 536 cm³/mol. The number of phenols is 4. The van der Waals surface area contributed by atoms with Gasteiger partial charge in [0.15, 0.2) is 11.9 Å². The van der Waals surface area contributed by atoms with Crippen molar-refractivity contribution in [2.75, 3.05) is 51.7 Å². The number of nitrogens with zero attached hydrogens (tertiary/aromatic N) is 3. The van der Waals surface area contributed by atoms with Crippen molar-refractivity contribution in [3.8, 4) is 69.3 Å². The Morgan fingerprint density at radius 3 is 1.67 bits per heavy atom. The molecule has 13 aromatic rings. The Balaban J connectivity index is 0.000000208. The number of phenolic OH excluding ortho intramolecular Hbond substituents is 4. The number of carboxylic acid groups (broad SMARTS) is 1. The summed E-state index contributed by atoms with van der Waals surface area (Å²) in [7, 11) is -4.99. The number of aliphatic carboxylic acids is 1. The minimum atomic E-state index is -4.99. The highest BCUT2D eigenvalue weighted by molar-refractivity contribution is 7.94. The average molecular weight is 1970 g/mol. The molecule has 0 radical (unpaired) electrons. The van der Waals surface area contributed by atoms with E-state index in [9.17, 15) is 72.2 Å². The molecule has 13 rings (SSSR count). The highest BCUT2D eigenvalue weighted by atomic mass is 35.5. The van der Waals surface area contributed by atoms with E-state index in [0.29, 0.717) is 130 Å². The van der Waals surface area contributed by atoms with Crippen molar-refractivity contribution in [3.63, 3.8) is 0 Å². The quantitative estimate of drug-likeness (QED) is 0.00322. The van der Waals surface area contributed by atoms with Crippen LogP contribution in [0.2, 0.25) is 5.02 Å². The van der Waals surface area contributed by atoms with Gasteiger partial charge in [0.1, 0.15) is 79.4 Å². The van der Waals surface area contributed by atoms with Gasteiger partial charge in [-0.3, -0.25) is 33.8 Å². The zero-order chi connectivity index (χ0) is 101.